The van der Waals surface area contributed by atoms with Crippen LogP contribution in [0.3, 0.4) is 0 Å². The van der Waals surface area contributed by atoms with E-state index < -0.39 is 0 Å². The second kappa shape index (κ2) is 7.10. The first kappa shape index (κ1) is 17.1. The molecule has 9 heteroatoms. The zero-order valence-corrected chi connectivity index (χ0v) is 15.1. The molecular weight excluding hydrogens is 350 g/mol. The van der Waals surface area contributed by atoms with Gasteiger partial charge in [0.1, 0.15) is 18.9 Å². The van der Waals surface area contributed by atoms with E-state index in [9.17, 15) is 4.79 Å². The predicted molar refractivity (Wildman–Crippen MR) is 95.6 cm³/mol. The van der Waals surface area contributed by atoms with Crippen molar-refractivity contribution in [3.63, 3.8) is 0 Å². The summed E-state index contributed by atoms with van der Waals surface area (Å²) in [5.41, 5.74) is 2.26. The average Bonchev–Trinajstić information content (AvgIpc) is 3.25. The minimum atomic E-state index is -0.150. The first-order valence-electron chi connectivity index (χ1n) is 8.61. The summed E-state index contributed by atoms with van der Waals surface area (Å²) in [6.07, 6.45) is 0.570. The lowest BCUT2D eigenvalue weighted by molar-refractivity contribution is -0.116. The summed E-state index contributed by atoms with van der Waals surface area (Å²) in [6.45, 7) is 2.92. The van der Waals surface area contributed by atoms with Crippen LogP contribution in [0.25, 0.3) is 11.6 Å². The monoisotopic (exact) mass is 369 g/mol. The van der Waals surface area contributed by atoms with Gasteiger partial charge >= 0.3 is 0 Å². The van der Waals surface area contributed by atoms with E-state index in [0.29, 0.717) is 48.6 Å². The molecule has 2 aromatic heterocycles. The van der Waals surface area contributed by atoms with Gasteiger partial charge in [-0.15, -0.1) is 10.2 Å². The Bertz CT molecular complexity index is 978. The van der Waals surface area contributed by atoms with Gasteiger partial charge in [-0.05, 0) is 25.1 Å². The number of hydrogen-bond acceptors (Lipinski definition) is 7. The number of nitrogens with zero attached hydrogens (tertiary/aromatic N) is 4. The average molecular weight is 369 g/mol. The van der Waals surface area contributed by atoms with Crippen molar-refractivity contribution in [2.45, 2.75) is 19.8 Å². The van der Waals surface area contributed by atoms with Crippen molar-refractivity contribution in [2.75, 3.05) is 18.5 Å². The van der Waals surface area contributed by atoms with Crippen molar-refractivity contribution in [3.05, 3.63) is 35.9 Å². The molecule has 4 rings (SSSR count). The van der Waals surface area contributed by atoms with Gasteiger partial charge in [0, 0.05) is 31.6 Å². The summed E-state index contributed by atoms with van der Waals surface area (Å²) in [4.78, 5) is 12.2. The zero-order valence-electron chi connectivity index (χ0n) is 15.1. The molecule has 1 aliphatic heterocycles. The Hall–Kier alpha value is -3.36. The van der Waals surface area contributed by atoms with Crippen LogP contribution < -0.4 is 14.8 Å². The quantitative estimate of drug-likeness (QED) is 0.734. The van der Waals surface area contributed by atoms with Crippen LogP contribution in [0, 0.1) is 6.92 Å². The zero-order chi connectivity index (χ0) is 18.8. The summed E-state index contributed by atoms with van der Waals surface area (Å²) < 4.78 is 18.3. The minimum Gasteiger partial charge on any atom is -0.486 e. The largest absolute Gasteiger partial charge is 0.486 e. The Morgan fingerprint density at radius 3 is 2.78 bits per heavy atom. The van der Waals surface area contributed by atoms with Crippen LogP contribution in [-0.4, -0.2) is 39.1 Å². The lowest BCUT2D eigenvalue weighted by atomic mass is 10.2. The lowest BCUT2D eigenvalue weighted by Crippen LogP contribution is -2.16. The van der Waals surface area contributed by atoms with Gasteiger partial charge in [-0.25, -0.2) is 0 Å². The third kappa shape index (κ3) is 3.76. The van der Waals surface area contributed by atoms with Gasteiger partial charge in [-0.1, -0.05) is 0 Å². The molecule has 0 fully saturated rings. The summed E-state index contributed by atoms with van der Waals surface area (Å²) in [5.74, 6) is 1.96. The summed E-state index contributed by atoms with van der Waals surface area (Å²) in [5, 5.41) is 15.1. The molecule has 1 amide bonds. The van der Waals surface area contributed by atoms with Gasteiger partial charge in [-0.3, -0.25) is 9.48 Å². The number of fused-ring (bicyclic) bond motifs is 1. The van der Waals surface area contributed by atoms with E-state index in [2.05, 4.69) is 20.6 Å². The molecular formula is C18H19N5O4. The van der Waals surface area contributed by atoms with Crippen molar-refractivity contribution in [1.29, 1.82) is 0 Å². The Balaban J connectivity index is 1.35. The van der Waals surface area contributed by atoms with E-state index in [1.165, 1.54) is 0 Å². The molecule has 0 saturated heterocycles. The topological polar surface area (TPSA) is 104 Å². The number of benzene rings is 1. The molecule has 0 atom stereocenters. The fraction of sp³-hybridized carbons (Fsp3) is 0.333. The van der Waals surface area contributed by atoms with E-state index >= 15 is 0 Å². The maximum Gasteiger partial charge on any atom is 0.265 e. The molecule has 0 unspecified atom stereocenters. The number of rotatable bonds is 5. The van der Waals surface area contributed by atoms with Crippen LogP contribution in [-0.2, 0) is 18.3 Å². The predicted octanol–water partition coefficient (Wildman–Crippen LogP) is 2.12. The van der Waals surface area contributed by atoms with E-state index in [1.807, 2.05) is 20.0 Å². The molecule has 0 radical (unpaired) electrons. The Morgan fingerprint density at radius 1 is 1.19 bits per heavy atom. The van der Waals surface area contributed by atoms with Gasteiger partial charge in [0.2, 0.25) is 11.8 Å². The molecule has 0 aliphatic carbocycles. The molecule has 140 valence electrons. The fourth-order valence-electron chi connectivity index (χ4n) is 2.83. The normalized spacial score (nSPS) is 12.8. The molecule has 1 N–H and O–H groups in total. The van der Waals surface area contributed by atoms with Crippen LogP contribution in [0.1, 0.15) is 18.0 Å². The van der Waals surface area contributed by atoms with E-state index in [0.717, 1.165) is 11.4 Å². The van der Waals surface area contributed by atoms with Gasteiger partial charge in [-0.2, -0.15) is 5.10 Å². The molecule has 0 saturated carbocycles. The second-order valence-corrected chi connectivity index (χ2v) is 6.20. The van der Waals surface area contributed by atoms with Crippen LogP contribution in [0.5, 0.6) is 11.5 Å². The summed E-state index contributed by atoms with van der Waals surface area (Å²) >= 11 is 0. The van der Waals surface area contributed by atoms with Crippen molar-refractivity contribution in [3.8, 4) is 23.1 Å². The Kier molecular flexibility index (Phi) is 4.49. The molecule has 1 aliphatic rings. The molecule has 3 aromatic rings. The number of ether oxygens (including phenoxy) is 2. The number of carbonyl (C=O) groups excluding carboxylic acids is 1. The minimum absolute atomic E-state index is 0.150. The van der Waals surface area contributed by atoms with Crippen LogP contribution in [0.4, 0.5) is 5.69 Å². The Morgan fingerprint density at radius 2 is 2.00 bits per heavy atom. The first-order chi connectivity index (χ1) is 13.1. The van der Waals surface area contributed by atoms with Gasteiger partial charge in [0.25, 0.3) is 5.89 Å². The van der Waals surface area contributed by atoms with E-state index in [1.54, 1.807) is 22.9 Å². The van der Waals surface area contributed by atoms with Crippen molar-refractivity contribution >= 4 is 11.6 Å². The Labute approximate surface area is 155 Å². The molecule has 0 bridgehead atoms. The maximum atomic E-state index is 12.2. The van der Waals surface area contributed by atoms with Gasteiger partial charge < -0.3 is 19.2 Å². The highest BCUT2D eigenvalue weighted by Crippen LogP contribution is 2.32. The fourth-order valence-corrected chi connectivity index (χ4v) is 2.83. The highest BCUT2D eigenvalue weighted by molar-refractivity contribution is 5.91. The number of nitrogens with one attached hydrogen (secondary N) is 1. The molecule has 1 aromatic carbocycles. The van der Waals surface area contributed by atoms with Crippen LogP contribution >= 0.6 is 0 Å². The number of hydrogen-bond donors (Lipinski definition) is 1. The molecule has 0 spiro atoms. The second-order valence-electron chi connectivity index (χ2n) is 6.20. The van der Waals surface area contributed by atoms with Crippen molar-refractivity contribution < 1.29 is 18.7 Å². The standard InChI is InChI=1S/C18H19N5O4/c1-11-9-13(23(2)22-11)18-21-20-17(27-18)6-5-16(24)19-12-3-4-14-15(10-12)26-8-7-25-14/h3-4,9-10H,5-8H2,1-2H3,(H,19,24). The smallest absolute Gasteiger partial charge is 0.265 e. The third-order valence-electron chi connectivity index (χ3n) is 4.08. The maximum absolute atomic E-state index is 12.2. The molecule has 27 heavy (non-hydrogen) atoms. The third-order valence-corrected chi connectivity index (χ3v) is 4.08. The van der Waals surface area contributed by atoms with E-state index in [-0.39, 0.29) is 12.3 Å². The highest BCUT2D eigenvalue weighted by atomic mass is 16.6. The van der Waals surface area contributed by atoms with Gasteiger partial charge in [0.05, 0.1) is 5.69 Å². The molecule has 3 heterocycles. The van der Waals surface area contributed by atoms with Gasteiger partial charge in [0.15, 0.2) is 11.5 Å². The van der Waals surface area contributed by atoms with Crippen LogP contribution in [0.2, 0.25) is 0 Å². The number of anilines is 1. The number of aromatic nitrogens is 4. The number of carbonyl (C=O) groups is 1. The SMILES string of the molecule is Cc1cc(-c2nnc(CCC(=O)Nc3ccc4c(c3)OCCO4)o2)n(C)n1. The number of amides is 1. The lowest BCUT2D eigenvalue weighted by Gasteiger charge is -2.18. The van der Waals surface area contributed by atoms with Crippen molar-refractivity contribution in [2.24, 2.45) is 7.05 Å². The highest BCUT2D eigenvalue weighted by Gasteiger charge is 2.15. The summed E-state index contributed by atoms with van der Waals surface area (Å²) in [6, 6.07) is 7.18. The van der Waals surface area contributed by atoms with Crippen LogP contribution in [0.15, 0.2) is 28.7 Å². The van der Waals surface area contributed by atoms with Crippen molar-refractivity contribution in [1.82, 2.24) is 20.0 Å². The number of aryl methyl sites for hydroxylation is 3. The first-order valence-corrected chi connectivity index (χ1v) is 8.61. The van der Waals surface area contributed by atoms with E-state index in [4.69, 9.17) is 13.9 Å². The summed E-state index contributed by atoms with van der Waals surface area (Å²) in [7, 11) is 1.81. The molecule has 9 nitrogen and oxygen atoms in total.